The first-order chi connectivity index (χ1) is 12.5. The van der Waals surface area contributed by atoms with Crippen LogP contribution in [0.1, 0.15) is 46.0 Å². The normalized spacial score (nSPS) is 20.5. The van der Waals surface area contributed by atoms with E-state index in [4.69, 9.17) is 4.42 Å². The van der Waals surface area contributed by atoms with Crippen LogP contribution in [-0.4, -0.2) is 57.0 Å². The van der Waals surface area contributed by atoms with Crippen LogP contribution in [0.15, 0.2) is 35.2 Å². The molecule has 8 heteroatoms. The Hall–Kier alpha value is -2.74. The minimum Gasteiger partial charge on any atom is -0.459 e. The van der Waals surface area contributed by atoms with Crippen LogP contribution < -0.4 is 5.32 Å². The highest BCUT2D eigenvalue weighted by atomic mass is 16.3. The molecule has 0 radical (unpaired) electrons. The third-order valence-electron chi connectivity index (χ3n) is 4.53. The molecule has 3 heterocycles. The van der Waals surface area contributed by atoms with Crippen molar-refractivity contribution in [1.82, 2.24) is 20.2 Å². The second kappa shape index (κ2) is 7.65. The van der Waals surface area contributed by atoms with E-state index in [0.29, 0.717) is 38.0 Å². The van der Waals surface area contributed by atoms with Crippen LogP contribution in [0, 0.1) is 6.92 Å². The predicted molar refractivity (Wildman–Crippen MR) is 92.5 cm³/mol. The van der Waals surface area contributed by atoms with Gasteiger partial charge in [-0.3, -0.25) is 14.6 Å². The van der Waals surface area contributed by atoms with Gasteiger partial charge >= 0.3 is 0 Å². The molecule has 0 unspecified atom stereocenters. The number of nitrogens with zero attached hydrogens (tertiary/aromatic N) is 3. The number of amides is 2. The molecule has 1 fully saturated rings. The molecule has 0 saturated carbocycles. The number of aryl methyl sites for hydroxylation is 1. The fourth-order valence-electron chi connectivity index (χ4n) is 2.96. The van der Waals surface area contributed by atoms with E-state index >= 15 is 0 Å². The van der Waals surface area contributed by atoms with Gasteiger partial charge in [0, 0.05) is 25.8 Å². The lowest BCUT2D eigenvalue weighted by atomic mass is 9.95. The fraction of sp³-hybridized carbons (Fsp3) is 0.444. The number of likely N-dealkylation sites (tertiary alicyclic amines) is 1. The summed E-state index contributed by atoms with van der Waals surface area (Å²) in [5, 5.41) is 13.5. The molecule has 2 amide bonds. The molecule has 0 aliphatic carbocycles. The first kappa shape index (κ1) is 18.1. The molecule has 26 heavy (non-hydrogen) atoms. The van der Waals surface area contributed by atoms with Crippen molar-refractivity contribution in [2.24, 2.45) is 0 Å². The van der Waals surface area contributed by atoms with Crippen LogP contribution in [0.2, 0.25) is 0 Å². The average Bonchev–Trinajstić information content (AvgIpc) is 3.10. The standard InChI is InChI=1S/C18H22N4O4/c1-13-10-20-14(11-19-13)17(24)22-7-3-5-18(25,6-8-22)12-21-16(23)15-4-2-9-26-15/h2,4,9-11,25H,3,5-8,12H2,1H3,(H,21,23)/t18-/m1/s1. The van der Waals surface area contributed by atoms with E-state index in [1.54, 1.807) is 23.2 Å². The van der Waals surface area contributed by atoms with Gasteiger partial charge in [0.2, 0.25) is 0 Å². The van der Waals surface area contributed by atoms with Gasteiger partial charge < -0.3 is 19.7 Å². The summed E-state index contributed by atoms with van der Waals surface area (Å²) in [5.41, 5.74) is -0.0118. The monoisotopic (exact) mass is 358 g/mol. The smallest absolute Gasteiger partial charge is 0.287 e. The second-order valence-electron chi connectivity index (χ2n) is 6.57. The third kappa shape index (κ3) is 4.26. The van der Waals surface area contributed by atoms with Crippen molar-refractivity contribution in [3.63, 3.8) is 0 Å². The van der Waals surface area contributed by atoms with Crippen LogP contribution in [-0.2, 0) is 0 Å². The summed E-state index contributed by atoms with van der Waals surface area (Å²) in [5.74, 6) is -0.353. The molecule has 138 valence electrons. The van der Waals surface area contributed by atoms with E-state index in [2.05, 4.69) is 15.3 Å². The van der Waals surface area contributed by atoms with Gasteiger partial charge in [-0.2, -0.15) is 0 Å². The van der Waals surface area contributed by atoms with E-state index in [9.17, 15) is 14.7 Å². The fourth-order valence-corrected chi connectivity index (χ4v) is 2.96. The molecule has 8 nitrogen and oxygen atoms in total. The first-order valence-electron chi connectivity index (χ1n) is 8.59. The van der Waals surface area contributed by atoms with Gasteiger partial charge in [0.05, 0.1) is 23.8 Å². The summed E-state index contributed by atoms with van der Waals surface area (Å²) in [4.78, 5) is 34.4. The van der Waals surface area contributed by atoms with Gasteiger partial charge in [-0.05, 0) is 38.3 Å². The van der Waals surface area contributed by atoms with Gasteiger partial charge in [-0.15, -0.1) is 0 Å². The van der Waals surface area contributed by atoms with E-state index < -0.39 is 5.60 Å². The Labute approximate surface area is 151 Å². The maximum Gasteiger partial charge on any atom is 0.287 e. The lowest BCUT2D eigenvalue weighted by Gasteiger charge is -2.27. The van der Waals surface area contributed by atoms with Crippen molar-refractivity contribution in [2.75, 3.05) is 19.6 Å². The number of nitrogens with one attached hydrogen (secondary N) is 1. The second-order valence-corrected chi connectivity index (χ2v) is 6.57. The number of aromatic nitrogens is 2. The van der Waals surface area contributed by atoms with Crippen LogP contribution >= 0.6 is 0 Å². The highest BCUT2D eigenvalue weighted by Gasteiger charge is 2.32. The molecular formula is C18H22N4O4. The molecule has 2 N–H and O–H groups in total. The van der Waals surface area contributed by atoms with Crippen molar-refractivity contribution in [3.8, 4) is 0 Å². The van der Waals surface area contributed by atoms with Gasteiger partial charge in [-0.25, -0.2) is 4.98 Å². The van der Waals surface area contributed by atoms with Gasteiger partial charge in [0.25, 0.3) is 11.8 Å². The Kier molecular flexibility index (Phi) is 5.32. The van der Waals surface area contributed by atoms with Crippen LogP contribution in [0.25, 0.3) is 0 Å². The van der Waals surface area contributed by atoms with E-state index in [0.717, 1.165) is 5.69 Å². The Balaban J connectivity index is 1.57. The summed E-state index contributed by atoms with van der Waals surface area (Å²) in [6.45, 7) is 2.84. The Bertz CT molecular complexity index is 760. The zero-order chi connectivity index (χ0) is 18.6. The van der Waals surface area contributed by atoms with Crippen molar-refractivity contribution in [3.05, 3.63) is 47.9 Å². The van der Waals surface area contributed by atoms with Crippen molar-refractivity contribution < 1.29 is 19.1 Å². The van der Waals surface area contributed by atoms with Gasteiger partial charge in [0.15, 0.2) is 5.76 Å². The summed E-state index contributed by atoms with van der Waals surface area (Å²) in [6, 6.07) is 3.20. The zero-order valence-corrected chi connectivity index (χ0v) is 14.6. The molecule has 2 aromatic rings. The number of carbonyl (C=O) groups is 2. The quantitative estimate of drug-likeness (QED) is 0.849. The molecule has 1 atom stereocenters. The lowest BCUT2D eigenvalue weighted by molar-refractivity contribution is 0.0246. The van der Waals surface area contributed by atoms with Crippen molar-refractivity contribution in [2.45, 2.75) is 31.8 Å². The SMILES string of the molecule is Cc1cnc(C(=O)N2CCC[C@](O)(CNC(=O)c3ccco3)CC2)cn1. The first-order valence-corrected chi connectivity index (χ1v) is 8.59. The number of furan rings is 1. The van der Waals surface area contributed by atoms with Crippen LogP contribution in [0.5, 0.6) is 0 Å². The Morgan fingerprint density at radius 3 is 2.85 bits per heavy atom. The van der Waals surface area contributed by atoms with Crippen molar-refractivity contribution in [1.29, 1.82) is 0 Å². The number of rotatable bonds is 4. The summed E-state index contributed by atoms with van der Waals surface area (Å²) < 4.78 is 5.04. The van der Waals surface area contributed by atoms with E-state index in [-0.39, 0.29) is 24.1 Å². The topological polar surface area (TPSA) is 109 Å². The minimum absolute atomic E-state index is 0.110. The van der Waals surface area contributed by atoms with E-state index in [1.807, 2.05) is 6.92 Å². The molecular weight excluding hydrogens is 336 g/mol. The number of aliphatic hydroxyl groups is 1. The molecule has 1 aliphatic rings. The highest BCUT2D eigenvalue weighted by molar-refractivity contribution is 5.92. The molecule has 0 spiro atoms. The summed E-state index contributed by atoms with van der Waals surface area (Å²) >= 11 is 0. The molecule has 1 saturated heterocycles. The number of hydrogen-bond acceptors (Lipinski definition) is 6. The average molecular weight is 358 g/mol. The number of carbonyl (C=O) groups excluding carboxylic acids is 2. The van der Waals surface area contributed by atoms with Crippen molar-refractivity contribution >= 4 is 11.8 Å². The van der Waals surface area contributed by atoms with Gasteiger partial charge in [-0.1, -0.05) is 0 Å². The summed E-state index contributed by atoms with van der Waals surface area (Å²) in [6.07, 6.45) is 5.96. The molecule has 0 bridgehead atoms. The third-order valence-corrected chi connectivity index (χ3v) is 4.53. The largest absolute Gasteiger partial charge is 0.459 e. The molecule has 3 rings (SSSR count). The van der Waals surface area contributed by atoms with Gasteiger partial charge in [0.1, 0.15) is 5.69 Å². The molecule has 1 aliphatic heterocycles. The maximum absolute atomic E-state index is 12.6. The minimum atomic E-state index is -1.06. The van der Waals surface area contributed by atoms with E-state index in [1.165, 1.54) is 12.5 Å². The summed E-state index contributed by atoms with van der Waals surface area (Å²) in [7, 11) is 0. The molecule has 2 aromatic heterocycles. The highest BCUT2D eigenvalue weighted by Crippen LogP contribution is 2.22. The number of hydrogen-bond donors (Lipinski definition) is 2. The van der Waals surface area contributed by atoms with Crippen LogP contribution in [0.4, 0.5) is 0 Å². The predicted octanol–water partition coefficient (Wildman–Crippen LogP) is 1.17. The molecule has 0 aromatic carbocycles. The van der Waals surface area contributed by atoms with Crippen LogP contribution in [0.3, 0.4) is 0 Å². The Morgan fingerprint density at radius 2 is 2.15 bits per heavy atom. The Morgan fingerprint density at radius 1 is 1.31 bits per heavy atom. The lowest BCUT2D eigenvalue weighted by Crippen LogP contribution is -2.44. The maximum atomic E-state index is 12.6. The zero-order valence-electron chi connectivity index (χ0n) is 14.6.